The van der Waals surface area contributed by atoms with E-state index in [2.05, 4.69) is 25.8 Å². The molecule has 2 N–H and O–H groups in total. The second-order valence-electron chi connectivity index (χ2n) is 4.07. The number of halogens is 2. The van der Waals surface area contributed by atoms with E-state index in [9.17, 15) is 0 Å². The number of nitrogens with one attached hydrogen (secondary N) is 2. The largest absolute Gasteiger partial charge is 0.372 e. The van der Waals surface area contributed by atoms with Gasteiger partial charge in [0.15, 0.2) is 5.82 Å². The zero-order valence-electron chi connectivity index (χ0n) is 10.8. The van der Waals surface area contributed by atoms with E-state index >= 15 is 0 Å². The first kappa shape index (κ1) is 13.9. The summed E-state index contributed by atoms with van der Waals surface area (Å²) in [5, 5.41) is 14.9. The first-order chi connectivity index (χ1) is 9.02. The van der Waals surface area contributed by atoms with E-state index in [0.717, 1.165) is 5.82 Å². The number of hydrogen-bond donors (Lipinski definition) is 2. The van der Waals surface area contributed by atoms with Gasteiger partial charge in [0.05, 0.1) is 16.1 Å². The summed E-state index contributed by atoms with van der Waals surface area (Å²) in [5.41, 5.74) is 0. The van der Waals surface area contributed by atoms with Crippen molar-refractivity contribution in [2.24, 2.45) is 7.05 Å². The van der Waals surface area contributed by atoms with E-state index in [0.29, 0.717) is 21.7 Å². The number of anilines is 2. The number of hydrogen-bond acceptors (Lipinski definition) is 5. The molecule has 2 rings (SSSR count). The molecule has 0 aliphatic heterocycles. The van der Waals surface area contributed by atoms with Gasteiger partial charge in [0.25, 0.3) is 0 Å². The molecular formula is C11H14Cl2N6. The number of pyridine rings is 1. The normalized spacial score (nSPS) is 12.3. The van der Waals surface area contributed by atoms with Gasteiger partial charge in [0, 0.05) is 14.1 Å². The van der Waals surface area contributed by atoms with Crippen LogP contribution >= 0.6 is 23.2 Å². The van der Waals surface area contributed by atoms with Crippen molar-refractivity contribution >= 4 is 34.8 Å². The van der Waals surface area contributed by atoms with Gasteiger partial charge in [-0.25, -0.2) is 4.98 Å². The van der Waals surface area contributed by atoms with Crippen LogP contribution in [-0.4, -0.2) is 26.8 Å². The van der Waals surface area contributed by atoms with Crippen LogP contribution in [0.2, 0.25) is 10.0 Å². The van der Waals surface area contributed by atoms with Crippen LogP contribution in [0.3, 0.4) is 0 Å². The van der Waals surface area contributed by atoms with Gasteiger partial charge in [0.1, 0.15) is 18.0 Å². The van der Waals surface area contributed by atoms with Crippen LogP contribution in [0.1, 0.15) is 18.8 Å². The maximum Gasteiger partial charge on any atom is 0.154 e. The molecule has 2 heterocycles. The molecule has 0 aliphatic rings. The van der Waals surface area contributed by atoms with Gasteiger partial charge >= 0.3 is 0 Å². The Morgan fingerprint density at radius 2 is 1.95 bits per heavy atom. The molecule has 0 fully saturated rings. The van der Waals surface area contributed by atoms with Crippen molar-refractivity contribution in [3.05, 3.63) is 28.3 Å². The monoisotopic (exact) mass is 300 g/mol. The minimum atomic E-state index is -0.0802. The topological polar surface area (TPSA) is 67.7 Å². The third kappa shape index (κ3) is 2.90. The first-order valence-electron chi connectivity index (χ1n) is 5.67. The van der Waals surface area contributed by atoms with Crippen LogP contribution in [0.4, 0.5) is 11.6 Å². The fourth-order valence-corrected chi connectivity index (χ4v) is 2.20. The Bertz CT molecular complexity index is 583. The third-order valence-electron chi connectivity index (χ3n) is 2.65. The Hall–Kier alpha value is -1.53. The molecule has 19 heavy (non-hydrogen) atoms. The summed E-state index contributed by atoms with van der Waals surface area (Å²) in [6.45, 7) is 1.95. The van der Waals surface area contributed by atoms with Crippen LogP contribution in [0.25, 0.3) is 0 Å². The minimum absolute atomic E-state index is 0.0802. The van der Waals surface area contributed by atoms with Gasteiger partial charge < -0.3 is 15.2 Å². The highest BCUT2D eigenvalue weighted by Gasteiger charge is 2.15. The van der Waals surface area contributed by atoms with Gasteiger partial charge in [-0.3, -0.25) is 0 Å². The third-order valence-corrected chi connectivity index (χ3v) is 3.23. The second kappa shape index (κ2) is 5.63. The van der Waals surface area contributed by atoms with Gasteiger partial charge in [-0.05, 0) is 13.0 Å². The smallest absolute Gasteiger partial charge is 0.154 e. The number of nitrogens with zero attached hydrogens (tertiary/aromatic N) is 4. The quantitative estimate of drug-likeness (QED) is 0.909. The standard InChI is InChI=1S/C11H14Cl2N6/c1-6(11-18-15-5-19(11)3)16-10-8(13)4-7(12)9(14-2)17-10/h4-6H,1-3H3,(H2,14,16,17). The van der Waals surface area contributed by atoms with Crippen LogP contribution in [-0.2, 0) is 7.05 Å². The average Bonchev–Trinajstić information content (AvgIpc) is 2.79. The molecule has 0 bridgehead atoms. The van der Waals surface area contributed by atoms with Gasteiger partial charge in [0.2, 0.25) is 0 Å². The lowest BCUT2D eigenvalue weighted by Crippen LogP contribution is -2.13. The minimum Gasteiger partial charge on any atom is -0.372 e. The van der Waals surface area contributed by atoms with Crippen molar-refractivity contribution in [2.75, 3.05) is 17.7 Å². The number of aromatic nitrogens is 4. The summed E-state index contributed by atoms with van der Waals surface area (Å²) < 4.78 is 1.83. The van der Waals surface area contributed by atoms with Crippen molar-refractivity contribution in [1.82, 2.24) is 19.7 Å². The molecule has 0 saturated heterocycles. The van der Waals surface area contributed by atoms with Crippen molar-refractivity contribution in [3.63, 3.8) is 0 Å². The Morgan fingerprint density at radius 3 is 2.53 bits per heavy atom. The second-order valence-corrected chi connectivity index (χ2v) is 4.88. The molecule has 0 amide bonds. The molecule has 0 aliphatic carbocycles. The Balaban J connectivity index is 2.26. The molecule has 2 aromatic heterocycles. The fraction of sp³-hybridized carbons (Fsp3) is 0.364. The lowest BCUT2D eigenvalue weighted by Gasteiger charge is -2.16. The summed E-state index contributed by atoms with van der Waals surface area (Å²) in [7, 11) is 3.63. The molecule has 1 atom stereocenters. The molecule has 0 radical (unpaired) electrons. The highest BCUT2D eigenvalue weighted by Crippen LogP contribution is 2.30. The van der Waals surface area contributed by atoms with Crippen molar-refractivity contribution < 1.29 is 0 Å². The SMILES string of the molecule is CNc1nc(NC(C)c2nncn2C)c(Cl)cc1Cl. The van der Waals surface area contributed by atoms with Crippen LogP contribution in [0.5, 0.6) is 0 Å². The Kier molecular flexibility index (Phi) is 4.11. The van der Waals surface area contributed by atoms with E-state index in [1.54, 1.807) is 19.4 Å². The zero-order chi connectivity index (χ0) is 14.0. The summed E-state index contributed by atoms with van der Waals surface area (Å²) in [5.74, 6) is 1.91. The number of aryl methyl sites for hydroxylation is 1. The molecular weight excluding hydrogens is 287 g/mol. The van der Waals surface area contributed by atoms with E-state index in [1.165, 1.54) is 0 Å². The van der Waals surface area contributed by atoms with E-state index in [1.807, 2.05) is 18.5 Å². The van der Waals surface area contributed by atoms with Gasteiger partial charge in [-0.1, -0.05) is 23.2 Å². The van der Waals surface area contributed by atoms with Gasteiger partial charge in [-0.2, -0.15) is 0 Å². The van der Waals surface area contributed by atoms with Crippen molar-refractivity contribution in [2.45, 2.75) is 13.0 Å². The highest BCUT2D eigenvalue weighted by atomic mass is 35.5. The van der Waals surface area contributed by atoms with E-state index < -0.39 is 0 Å². The Morgan fingerprint density at radius 1 is 1.26 bits per heavy atom. The van der Waals surface area contributed by atoms with Crippen LogP contribution in [0, 0.1) is 0 Å². The molecule has 1 unspecified atom stereocenters. The summed E-state index contributed by atoms with van der Waals surface area (Å²) in [4.78, 5) is 4.33. The molecule has 0 spiro atoms. The fourth-order valence-electron chi connectivity index (χ4n) is 1.70. The first-order valence-corrected chi connectivity index (χ1v) is 6.42. The molecule has 8 heteroatoms. The molecule has 2 aromatic rings. The molecule has 0 aromatic carbocycles. The predicted molar refractivity (Wildman–Crippen MR) is 76.8 cm³/mol. The van der Waals surface area contributed by atoms with Crippen molar-refractivity contribution in [1.29, 1.82) is 0 Å². The van der Waals surface area contributed by atoms with E-state index in [-0.39, 0.29) is 6.04 Å². The molecule has 102 valence electrons. The lowest BCUT2D eigenvalue weighted by atomic mass is 10.3. The molecule has 0 saturated carbocycles. The predicted octanol–water partition coefficient (Wildman–Crippen LogP) is 2.73. The van der Waals surface area contributed by atoms with E-state index in [4.69, 9.17) is 23.2 Å². The summed E-state index contributed by atoms with van der Waals surface area (Å²) >= 11 is 12.1. The molecule has 6 nitrogen and oxygen atoms in total. The van der Waals surface area contributed by atoms with Gasteiger partial charge in [-0.15, -0.1) is 10.2 Å². The maximum atomic E-state index is 6.12. The Labute approximate surface area is 121 Å². The zero-order valence-corrected chi connectivity index (χ0v) is 12.3. The maximum absolute atomic E-state index is 6.12. The average molecular weight is 301 g/mol. The number of rotatable bonds is 4. The summed E-state index contributed by atoms with van der Waals surface area (Å²) in [6, 6.07) is 1.57. The lowest BCUT2D eigenvalue weighted by molar-refractivity contribution is 0.716. The van der Waals surface area contributed by atoms with Crippen molar-refractivity contribution in [3.8, 4) is 0 Å². The van der Waals surface area contributed by atoms with Crippen LogP contribution in [0.15, 0.2) is 12.4 Å². The summed E-state index contributed by atoms with van der Waals surface area (Å²) in [6.07, 6.45) is 1.64. The highest BCUT2D eigenvalue weighted by molar-refractivity contribution is 6.37. The van der Waals surface area contributed by atoms with Crippen LogP contribution < -0.4 is 10.6 Å².